The van der Waals surface area contributed by atoms with Crippen molar-refractivity contribution in [3.63, 3.8) is 0 Å². The highest BCUT2D eigenvalue weighted by Crippen LogP contribution is 2.28. The minimum Gasteiger partial charge on any atom is -0.496 e. The molecule has 1 aromatic carbocycles. The number of piperidine rings is 1. The van der Waals surface area contributed by atoms with Crippen LogP contribution in [0.25, 0.3) is 0 Å². The first kappa shape index (κ1) is 20.7. The van der Waals surface area contributed by atoms with E-state index in [0.29, 0.717) is 24.3 Å². The molecular weight excluding hydrogens is 354 g/mol. The molecule has 0 spiro atoms. The molecular formula is C18H29N3O4S. The van der Waals surface area contributed by atoms with Crippen LogP contribution in [0, 0.1) is 5.41 Å². The summed E-state index contributed by atoms with van der Waals surface area (Å²) in [4.78, 5) is 11.7. The van der Waals surface area contributed by atoms with Crippen LogP contribution in [0.1, 0.15) is 38.7 Å². The van der Waals surface area contributed by atoms with Crippen LogP contribution < -0.4 is 20.1 Å². The second kappa shape index (κ2) is 8.83. The summed E-state index contributed by atoms with van der Waals surface area (Å²) < 4.78 is 33.4. The summed E-state index contributed by atoms with van der Waals surface area (Å²) in [6.45, 7) is 6.31. The van der Waals surface area contributed by atoms with Gasteiger partial charge in [-0.3, -0.25) is 4.79 Å². The number of sulfonamides is 1. The zero-order chi connectivity index (χ0) is 19.2. The van der Waals surface area contributed by atoms with Crippen LogP contribution >= 0.6 is 0 Å². The average Bonchev–Trinajstić information content (AvgIpc) is 2.65. The largest absolute Gasteiger partial charge is 0.496 e. The number of ether oxygens (including phenoxy) is 1. The monoisotopic (exact) mass is 383 g/mol. The second-order valence-corrected chi connectivity index (χ2v) is 8.76. The van der Waals surface area contributed by atoms with Crippen molar-refractivity contribution in [1.29, 1.82) is 0 Å². The molecule has 1 saturated heterocycles. The summed E-state index contributed by atoms with van der Waals surface area (Å²) in [6, 6.07) is 4.70. The van der Waals surface area contributed by atoms with E-state index in [1.165, 1.54) is 13.2 Å². The number of methoxy groups -OCH3 is 1. The molecule has 0 unspecified atom stereocenters. The van der Waals surface area contributed by atoms with Gasteiger partial charge in [0.1, 0.15) is 5.75 Å². The fraction of sp³-hybridized carbons (Fsp3) is 0.611. The number of carbonyl (C=O) groups excluding carboxylic acids is 1. The van der Waals surface area contributed by atoms with Gasteiger partial charge in [0.2, 0.25) is 15.9 Å². The van der Waals surface area contributed by atoms with E-state index in [4.69, 9.17) is 4.74 Å². The van der Waals surface area contributed by atoms with Crippen LogP contribution in [-0.4, -0.2) is 41.1 Å². The van der Waals surface area contributed by atoms with Gasteiger partial charge in [0, 0.05) is 25.1 Å². The third kappa shape index (κ3) is 5.43. The molecule has 7 nitrogen and oxygen atoms in total. The summed E-state index contributed by atoms with van der Waals surface area (Å²) in [5.74, 6) is 0.447. The van der Waals surface area contributed by atoms with Gasteiger partial charge in [-0.05, 0) is 49.5 Å². The topological polar surface area (TPSA) is 96.5 Å². The molecule has 1 fully saturated rings. The first-order valence-electron chi connectivity index (χ1n) is 8.94. The molecule has 26 heavy (non-hydrogen) atoms. The van der Waals surface area contributed by atoms with Gasteiger partial charge in [-0.1, -0.05) is 13.8 Å². The van der Waals surface area contributed by atoms with E-state index in [1.807, 2.05) is 0 Å². The van der Waals surface area contributed by atoms with E-state index in [-0.39, 0.29) is 22.8 Å². The summed E-state index contributed by atoms with van der Waals surface area (Å²) >= 11 is 0. The van der Waals surface area contributed by atoms with E-state index in [9.17, 15) is 13.2 Å². The molecule has 146 valence electrons. The van der Waals surface area contributed by atoms with Gasteiger partial charge in [0.15, 0.2) is 0 Å². The van der Waals surface area contributed by atoms with Gasteiger partial charge in [-0.25, -0.2) is 13.1 Å². The second-order valence-electron chi connectivity index (χ2n) is 6.99. The SMILES string of the molecule is CCC(=O)NCc1cc(S(=O)(=O)NCC2(C)CCNCC2)ccc1OC. The van der Waals surface area contributed by atoms with Crippen molar-refractivity contribution < 1.29 is 17.9 Å². The number of hydrogen-bond donors (Lipinski definition) is 3. The summed E-state index contributed by atoms with van der Waals surface area (Å²) in [5.41, 5.74) is 0.591. The Morgan fingerprint density at radius 2 is 2.00 bits per heavy atom. The lowest BCUT2D eigenvalue weighted by atomic mass is 9.81. The van der Waals surface area contributed by atoms with E-state index in [2.05, 4.69) is 22.3 Å². The van der Waals surface area contributed by atoms with E-state index in [1.54, 1.807) is 19.1 Å². The Bertz CT molecular complexity index is 728. The third-order valence-corrected chi connectivity index (χ3v) is 6.26. The van der Waals surface area contributed by atoms with Crippen molar-refractivity contribution in [2.24, 2.45) is 5.41 Å². The number of amides is 1. The zero-order valence-corrected chi connectivity index (χ0v) is 16.5. The molecule has 1 heterocycles. The number of nitrogens with one attached hydrogen (secondary N) is 3. The molecule has 1 amide bonds. The minimum absolute atomic E-state index is 0.0390. The lowest BCUT2D eigenvalue weighted by molar-refractivity contribution is -0.120. The smallest absolute Gasteiger partial charge is 0.240 e. The standard InChI is InChI=1S/C18H29N3O4S/c1-4-17(22)20-12-14-11-15(5-6-16(14)25-3)26(23,24)21-13-18(2)7-9-19-10-8-18/h5-6,11,19,21H,4,7-10,12-13H2,1-3H3,(H,20,22). The molecule has 0 saturated carbocycles. The fourth-order valence-electron chi connectivity index (χ4n) is 2.94. The van der Waals surface area contributed by atoms with Crippen LogP contribution in [-0.2, 0) is 21.4 Å². The molecule has 0 aromatic heterocycles. The molecule has 0 bridgehead atoms. The molecule has 1 aliphatic rings. The highest BCUT2D eigenvalue weighted by molar-refractivity contribution is 7.89. The van der Waals surface area contributed by atoms with Crippen LogP contribution in [0.4, 0.5) is 0 Å². The minimum atomic E-state index is -3.63. The van der Waals surface area contributed by atoms with Crippen LogP contribution in [0.15, 0.2) is 23.1 Å². The lowest BCUT2D eigenvalue weighted by Gasteiger charge is -2.34. The van der Waals surface area contributed by atoms with Gasteiger partial charge in [-0.2, -0.15) is 0 Å². The number of benzene rings is 1. The summed E-state index contributed by atoms with van der Waals surface area (Å²) in [5, 5.41) is 6.04. The Morgan fingerprint density at radius 3 is 2.62 bits per heavy atom. The summed E-state index contributed by atoms with van der Waals surface area (Å²) in [6.07, 6.45) is 2.24. The Labute approximate surface area is 155 Å². The average molecular weight is 384 g/mol. The molecule has 8 heteroatoms. The van der Waals surface area contributed by atoms with Crippen molar-refractivity contribution in [2.75, 3.05) is 26.7 Å². The van der Waals surface area contributed by atoms with E-state index >= 15 is 0 Å². The van der Waals surface area contributed by atoms with Crippen molar-refractivity contribution in [3.05, 3.63) is 23.8 Å². The predicted molar refractivity (Wildman–Crippen MR) is 101 cm³/mol. The van der Waals surface area contributed by atoms with Crippen LogP contribution in [0.5, 0.6) is 5.75 Å². The third-order valence-electron chi connectivity index (χ3n) is 4.86. The number of carbonyl (C=O) groups is 1. The summed E-state index contributed by atoms with van der Waals surface area (Å²) in [7, 11) is -2.11. The van der Waals surface area contributed by atoms with Gasteiger partial charge >= 0.3 is 0 Å². The highest BCUT2D eigenvalue weighted by Gasteiger charge is 2.29. The lowest BCUT2D eigenvalue weighted by Crippen LogP contribution is -2.42. The van der Waals surface area contributed by atoms with E-state index < -0.39 is 10.0 Å². The molecule has 1 aromatic rings. The van der Waals surface area contributed by atoms with Gasteiger partial charge in [0.25, 0.3) is 0 Å². The predicted octanol–water partition coefficient (Wildman–Crippen LogP) is 1.39. The zero-order valence-electron chi connectivity index (χ0n) is 15.7. The first-order chi connectivity index (χ1) is 12.3. The Morgan fingerprint density at radius 1 is 1.31 bits per heavy atom. The highest BCUT2D eigenvalue weighted by atomic mass is 32.2. The Kier molecular flexibility index (Phi) is 7.02. The Balaban J connectivity index is 2.13. The van der Waals surface area contributed by atoms with Crippen molar-refractivity contribution >= 4 is 15.9 Å². The maximum atomic E-state index is 12.7. The van der Waals surface area contributed by atoms with Gasteiger partial charge in [0.05, 0.1) is 12.0 Å². The van der Waals surface area contributed by atoms with Crippen LogP contribution in [0.2, 0.25) is 0 Å². The normalized spacial score (nSPS) is 16.9. The maximum absolute atomic E-state index is 12.7. The molecule has 0 atom stereocenters. The molecule has 3 N–H and O–H groups in total. The maximum Gasteiger partial charge on any atom is 0.240 e. The number of rotatable bonds is 8. The number of hydrogen-bond acceptors (Lipinski definition) is 5. The quantitative estimate of drug-likeness (QED) is 0.630. The van der Waals surface area contributed by atoms with Gasteiger partial charge in [-0.15, -0.1) is 0 Å². The molecule has 1 aliphatic heterocycles. The molecule has 0 aliphatic carbocycles. The van der Waals surface area contributed by atoms with Crippen LogP contribution in [0.3, 0.4) is 0 Å². The van der Waals surface area contributed by atoms with Crippen molar-refractivity contribution in [3.8, 4) is 5.75 Å². The van der Waals surface area contributed by atoms with E-state index in [0.717, 1.165) is 25.9 Å². The molecule has 2 rings (SSSR count). The fourth-order valence-corrected chi connectivity index (χ4v) is 4.19. The molecule has 0 radical (unpaired) electrons. The van der Waals surface area contributed by atoms with Crippen molar-refractivity contribution in [1.82, 2.24) is 15.4 Å². The first-order valence-corrected chi connectivity index (χ1v) is 10.4. The van der Waals surface area contributed by atoms with Crippen molar-refractivity contribution in [2.45, 2.75) is 44.6 Å². The van der Waals surface area contributed by atoms with Gasteiger partial charge < -0.3 is 15.4 Å². The Hall–Kier alpha value is -1.64.